The van der Waals surface area contributed by atoms with Crippen molar-refractivity contribution in [2.75, 3.05) is 48.3 Å². The normalized spacial score (nSPS) is 17.4. The highest BCUT2D eigenvalue weighted by Gasteiger charge is 2.45. The lowest BCUT2D eigenvalue weighted by Crippen LogP contribution is -2.54. The predicted molar refractivity (Wildman–Crippen MR) is 237 cm³/mol. The largest absolute Gasteiger partial charge is 0.369 e. The van der Waals surface area contributed by atoms with Crippen LogP contribution >= 0.6 is 0 Å². The number of piperazine rings is 1. The van der Waals surface area contributed by atoms with Gasteiger partial charge < -0.3 is 20.5 Å². The van der Waals surface area contributed by atoms with Crippen LogP contribution in [-0.4, -0.2) is 103 Å². The molecule has 3 aliphatic heterocycles. The number of fused-ring (bicyclic) bond motifs is 2. The standard InChI is InChI=1S/C46H48N8O8S/c1-29-12-18-33(19-13-29)63(61,62)51-38(27-30-28-47-36-9-3-2-7-34(30)36)43(57)48-31-14-16-32(17-15-31)53-25-23-52(24-26-53)22-5-4-11-40(55)49-37-10-6-8-35-42(37)46(60)54(45(35)59)39-20-21-41(56)50-44(39)58/h2-3,6-10,12-19,28,38-39,47,51H,4-5,11,20-27H2,1H3,(H,48,57)(H,49,55)(H,50,56,58)/t38-,39?/m0/s1. The second-order valence-corrected chi connectivity index (χ2v) is 17.8. The van der Waals surface area contributed by atoms with E-state index in [2.05, 4.69) is 35.5 Å². The van der Waals surface area contributed by atoms with Gasteiger partial charge in [0.05, 0.1) is 21.7 Å². The third-order valence-corrected chi connectivity index (χ3v) is 13.3. The molecule has 2 fully saturated rings. The number of piperidine rings is 1. The SMILES string of the molecule is Cc1ccc(S(=O)(=O)N[C@@H](Cc2c[nH]c3ccccc23)C(=O)Nc2ccc(N3CCN(CCCCC(=O)Nc4cccc5c4C(=O)N(C4CCC(=O)NC4=O)C5=O)CC3)cc2)cc1. The molecule has 5 aromatic rings. The van der Waals surface area contributed by atoms with Gasteiger partial charge in [0.15, 0.2) is 0 Å². The smallest absolute Gasteiger partial charge is 0.264 e. The number of H-pyrrole nitrogens is 1. The monoisotopic (exact) mass is 872 g/mol. The number of sulfonamides is 1. The summed E-state index contributed by atoms with van der Waals surface area (Å²) in [6.07, 6.45) is 3.59. The van der Waals surface area contributed by atoms with Crippen LogP contribution in [0.25, 0.3) is 10.9 Å². The van der Waals surface area contributed by atoms with Crippen LogP contribution in [0.1, 0.15) is 63.9 Å². The van der Waals surface area contributed by atoms with Crippen LogP contribution in [0.15, 0.2) is 102 Å². The van der Waals surface area contributed by atoms with Crippen molar-refractivity contribution in [3.05, 3.63) is 119 Å². The molecule has 0 bridgehead atoms. The van der Waals surface area contributed by atoms with Crippen molar-refractivity contribution in [2.24, 2.45) is 0 Å². The topological polar surface area (TPSA) is 210 Å². The highest BCUT2D eigenvalue weighted by molar-refractivity contribution is 7.89. The van der Waals surface area contributed by atoms with Gasteiger partial charge in [0.2, 0.25) is 33.7 Å². The second-order valence-electron chi connectivity index (χ2n) is 16.1. The van der Waals surface area contributed by atoms with E-state index in [1.54, 1.807) is 30.5 Å². The van der Waals surface area contributed by atoms with E-state index < -0.39 is 51.6 Å². The summed E-state index contributed by atoms with van der Waals surface area (Å²) in [6.45, 7) is 5.86. The highest BCUT2D eigenvalue weighted by Crippen LogP contribution is 2.33. The number of anilines is 3. The minimum absolute atomic E-state index is 0.0166. The number of para-hydroxylation sites is 1. The first-order valence-corrected chi connectivity index (χ1v) is 22.5. The van der Waals surface area contributed by atoms with Gasteiger partial charge in [-0.05, 0) is 99.3 Å². The van der Waals surface area contributed by atoms with Crippen molar-refractivity contribution < 1.29 is 37.2 Å². The van der Waals surface area contributed by atoms with Gasteiger partial charge in [-0.1, -0.05) is 42.0 Å². The average molecular weight is 873 g/mol. The molecule has 1 unspecified atom stereocenters. The first-order chi connectivity index (χ1) is 30.3. The van der Waals surface area contributed by atoms with E-state index in [0.29, 0.717) is 12.1 Å². The van der Waals surface area contributed by atoms with E-state index in [0.717, 1.165) is 71.8 Å². The number of aromatic amines is 1. The van der Waals surface area contributed by atoms with Crippen molar-refractivity contribution in [1.29, 1.82) is 0 Å². The highest BCUT2D eigenvalue weighted by atomic mass is 32.2. The summed E-state index contributed by atoms with van der Waals surface area (Å²) in [6, 6.07) is 24.1. The Balaban J connectivity index is 0.803. The maximum Gasteiger partial charge on any atom is 0.264 e. The second kappa shape index (κ2) is 18.3. The maximum absolute atomic E-state index is 13.8. The van der Waals surface area contributed by atoms with Crippen molar-refractivity contribution in [1.82, 2.24) is 24.8 Å². The van der Waals surface area contributed by atoms with Gasteiger partial charge >= 0.3 is 0 Å². The number of imide groups is 2. The van der Waals surface area contributed by atoms with Crippen LogP contribution in [0.3, 0.4) is 0 Å². The Hall–Kier alpha value is -6.69. The molecule has 1 aromatic heterocycles. The molecule has 0 spiro atoms. The lowest BCUT2D eigenvalue weighted by atomic mass is 10.0. The fourth-order valence-corrected chi connectivity index (χ4v) is 9.54. The Morgan fingerprint density at radius 2 is 1.57 bits per heavy atom. The molecule has 5 N–H and O–H groups in total. The number of carbonyl (C=O) groups excluding carboxylic acids is 6. The maximum atomic E-state index is 13.8. The summed E-state index contributed by atoms with van der Waals surface area (Å²) >= 11 is 0. The number of benzene rings is 4. The fourth-order valence-electron chi connectivity index (χ4n) is 8.35. The summed E-state index contributed by atoms with van der Waals surface area (Å²) in [5.41, 5.74) is 4.51. The predicted octanol–water partition coefficient (Wildman–Crippen LogP) is 4.34. The van der Waals surface area contributed by atoms with Crippen LogP contribution in [0.2, 0.25) is 0 Å². The third-order valence-electron chi connectivity index (χ3n) is 11.8. The third kappa shape index (κ3) is 9.55. The van der Waals surface area contributed by atoms with Crippen molar-refractivity contribution in [3.8, 4) is 0 Å². The van der Waals surface area contributed by atoms with E-state index in [1.165, 1.54) is 18.2 Å². The molecule has 2 saturated heterocycles. The molecule has 326 valence electrons. The number of rotatable bonds is 15. The summed E-state index contributed by atoms with van der Waals surface area (Å²) in [4.78, 5) is 86.1. The van der Waals surface area contributed by atoms with Crippen LogP contribution < -0.4 is 25.6 Å². The molecular formula is C46H48N8O8S. The van der Waals surface area contributed by atoms with Crippen molar-refractivity contribution in [3.63, 3.8) is 0 Å². The Bertz CT molecular complexity index is 2690. The van der Waals surface area contributed by atoms with E-state index >= 15 is 0 Å². The quantitative estimate of drug-likeness (QED) is 0.0743. The minimum Gasteiger partial charge on any atom is -0.369 e. The van der Waals surface area contributed by atoms with E-state index in [9.17, 15) is 37.2 Å². The molecule has 63 heavy (non-hydrogen) atoms. The summed E-state index contributed by atoms with van der Waals surface area (Å²) < 4.78 is 29.6. The summed E-state index contributed by atoms with van der Waals surface area (Å²) in [5.74, 6) is -3.23. The van der Waals surface area contributed by atoms with Gasteiger partial charge in [0.1, 0.15) is 12.1 Å². The fraction of sp³-hybridized carbons (Fsp3) is 0.304. The number of aryl methyl sites for hydroxylation is 1. The summed E-state index contributed by atoms with van der Waals surface area (Å²) in [5, 5.41) is 8.80. The van der Waals surface area contributed by atoms with Gasteiger partial charge in [0, 0.05) is 67.5 Å². The van der Waals surface area contributed by atoms with Crippen molar-refractivity contribution in [2.45, 2.75) is 62.4 Å². The Morgan fingerprint density at radius 3 is 2.32 bits per heavy atom. The zero-order chi connectivity index (χ0) is 44.3. The molecule has 0 saturated carbocycles. The van der Waals surface area contributed by atoms with Gasteiger partial charge in [0.25, 0.3) is 11.8 Å². The number of nitrogens with one attached hydrogen (secondary N) is 5. The molecule has 4 heterocycles. The molecule has 16 nitrogen and oxygen atoms in total. The number of amides is 6. The molecule has 4 aromatic carbocycles. The van der Waals surface area contributed by atoms with Gasteiger partial charge in [-0.25, -0.2) is 8.42 Å². The zero-order valence-corrected chi connectivity index (χ0v) is 35.5. The molecule has 0 radical (unpaired) electrons. The Morgan fingerprint density at radius 1 is 0.825 bits per heavy atom. The van der Waals surface area contributed by atoms with Crippen LogP contribution in [0, 0.1) is 6.92 Å². The van der Waals surface area contributed by atoms with Gasteiger partial charge in [-0.3, -0.25) is 43.9 Å². The molecule has 0 aliphatic carbocycles. The zero-order valence-electron chi connectivity index (χ0n) is 34.7. The van der Waals surface area contributed by atoms with E-state index in [-0.39, 0.29) is 53.3 Å². The van der Waals surface area contributed by atoms with Crippen molar-refractivity contribution >= 4 is 73.4 Å². The number of nitrogens with zero attached hydrogens (tertiary/aromatic N) is 3. The lowest BCUT2D eigenvalue weighted by Gasteiger charge is -2.36. The average Bonchev–Trinajstić information content (AvgIpc) is 3.79. The van der Waals surface area contributed by atoms with Crippen LogP contribution in [0.4, 0.5) is 17.1 Å². The summed E-state index contributed by atoms with van der Waals surface area (Å²) in [7, 11) is -4.02. The van der Waals surface area contributed by atoms with Gasteiger partial charge in [-0.15, -0.1) is 0 Å². The number of carbonyl (C=O) groups is 6. The molecule has 3 aliphatic rings. The lowest BCUT2D eigenvalue weighted by molar-refractivity contribution is -0.136. The molecular weight excluding hydrogens is 825 g/mol. The number of aromatic nitrogens is 1. The van der Waals surface area contributed by atoms with Gasteiger partial charge in [-0.2, -0.15) is 4.72 Å². The van der Waals surface area contributed by atoms with Crippen LogP contribution in [0.5, 0.6) is 0 Å². The Labute approximate surface area is 364 Å². The van der Waals surface area contributed by atoms with Crippen LogP contribution in [-0.2, 0) is 35.6 Å². The first-order valence-electron chi connectivity index (χ1n) is 21.0. The number of unbranched alkanes of at least 4 members (excludes halogenated alkanes) is 1. The first kappa shape index (κ1) is 43.0. The number of hydrogen-bond acceptors (Lipinski definition) is 10. The molecule has 2 atom stereocenters. The Kier molecular flexibility index (Phi) is 12.5. The number of hydrogen-bond donors (Lipinski definition) is 5. The molecule has 17 heteroatoms. The van der Waals surface area contributed by atoms with E-state index in [4.69, 9.17) is 0 Å². The van der Waals surface area contributed by atoms with E-state index in [1.807, 2.05) is 55.5 Å². The molecule has 6 amide bonds. The minimum atomic E-state index is -4.02. The molecule has 8 rings (SSSR count).